The number of hydrogen-bond acceptors (Lipinski definition) is 16. The lowest BCUT2D eigenvalue weighted by molar-refractivity contribution is -0.870. The van der Waals surface area contributed by atoms with Crippen molar-refractivity contribution in [2.24, 2.45) is 16.1 Å². The number of aromatic nitrogens is 1. The first kappa shape index (κ1) is 78.1. The highest BCUT2D eigenvalue weighted by Gasteiger charge is 2.50. The number of rotatable bonds is 12. The fraction of sp³-hybridized carbons (Fsp3) is 0.493. The fourth-order valence-electron chi connectivity index (χ4n) is 14.0. The van der Waals surface area contributed by atoms with E-state index in [4.69, 9.17) is 15.2 Å². The molecule has 11 amide bonds. The first-order valence-electron chi connectivity index (χ1n) is 36.0. The predicted octanol–water partition coefficient (Wildman–Crippen LogP) is 0.866. The van der Waals surface area contributed by atoms with E-state index in [1.807, 2.05) is 33.3 Å². The molecular formula is C75H97FN16O14+2. The van der Waals surface area contributed by atoms with Gasteiger partial charge < -0.3 is 82.1 Å². The number of unbranched alkanes of at least 4 members (excludes halogenated alkanes) is 1. The molecule has 106 heavy (non-hydrogen) atoms. The number of carbonyl (C=O) groups excluding carboxylic acids is 11. The van der Waals surface area contributed by atoms with E-state index in [0.29, 0.717) is 68.2 Å². The maximum absolute atomic E-state index is 15.9. The van der Waals surface area contributed by atoms with Gasteiger partial charge in [0.25, 0.3) is 0 Å². The van der Waals surface area contributed by atoms with E-state index in [2.05, 4.69) is 57.9 Å². The molecule has 31 heteroatoms. The molecule has 12 N–H and O–H groups in total. The van der Waals surface area contributed by atoms with Crippen molar-refractivity contribution in [2.75, 3.05) is 54.5 Å². The number of aliphatic hydroxyl groups excluding tert-OH is 1. The number of benzene rings is 4. The van der Waals surface area contributed by atoms with Gasteiger partial charge in [-0.3, -0.25) is 52.7 Å². The van der Waals surface area contributed by atoms with Crippen molar-refractivity contribution < 1.29 is 80.9 Å². The second kappa shape index (κ2) is 34.6. The minimum Gasteiger partial charge on any atom is -0.497 e. The van der Waals surface area contributed by atoms with E-state index in [1.54, 1.807) is 77.8 Å². The number of hydrogen-bond donors (Lipinski definition) is 11. The van der Waals surface area contributed by atoms with Crippen LogP contribution < -0.4 is 53.0 Å². The number of amides is 11. The molecule has 0 aliphatic carbocycles. The van der Waals surface area contributed by atoms with Gasteiger partial charge in [0.15, 0.2) is 0 Å². The molecule has 0 spiro atoms. The summed E-state index contributed by atoms with van der Waals surface area (Å²) in [5, 5.41) is 42.9. The number of nitrogens with one attached hydrogen (secondary N) is 9. The van der Waals surface area contributed by atoms with Crippen LogP contribution in [0.2, 0.25) is 0 Å². The summed E-state index contributed by atoms with van der Waals surface area (Å²) in [4.78, 5) is 167. The average molecular weight is 1470 g/mol. The minimum atomic E-state index is -1.85. The number of nitrogens with zero attached hydrogens (tertiary/aromatic N) is 6. The number of primary amides is 1. The molecule has 2 fully saturated rings. The predicted molar refractivity (Wildman–Crippen MR) is 385 cm³/mol. The number of H-pyrrole nitrogens is 1. The van der Waals surface area contributed by atoms with Gasteiger partial charge >= 0.3 is 0 Å². The lowest BCUT2D eigenvalue weighted by Gasteiger charge is -2.37. The number of nitrogens with two attached hydrogens (primary N) is 1. The zero-order valence-corrected chi connectivity index (χ0v) is 60.8. The van der Waals surface area contributed by atoms with Gasteiger partial charge in [0.2, 0.25) is 71.0 Å². The van der Waals surface area contributed by atoms with Crippen LogP contribution in [0, 0.1) is 5.82 Å². The van der Waals surface area contributed by atoms with Gasteiger partial charge in [-0.1, -0.05) is 60.7 Å². The third-order valence-electron chi connectivity index (χ3n) is 20.0. The Morgan fingerprint density at radius 2 is 1.48 bits per heavy atom. The minimum absolute atomic E-state index is 0.00183. The quantitative estimate of drug-likeness (QED) is 0.0358. The van der Waals surface area contributed by atoms with Crippen molar-refractivity contribution in [2.45, 2.75) is 183 Å². The summed E-state index contributed by atoms with van der Waals surface area (Å²) in [6, 6.07) is 12.1. The number of ether oxygens (including phenoxy) is 2. The maximum Gasteiger partial charge on any atom is 0.246 e. The van der Waals surface area contributed by atoms with Crippen molar-refractivity contribution in [1.29, 1.82) is 0 Å². The average Bonchev–Trinajstić information content (AvgIpc) is 1.60. The first-order valence-corrected chi connectivity index (χ1v) is 36.0. The third kappa shape index (κ3) is 20.1. The van der Waals surface area contributed by atoms with Gasteiger partial charge in [0.05, 0.1) is 47.0 Å². The summed E-state index contributed by atoms with van der Waals surface area (Å²) in [6.07, 6.45) is 0.858. The van der Waals surface area contributed by atoms with Crippen LogP contribution >= 0.6 is 0 Å². The van der Waals surface area contributed by atoms with Crippen molar-refractivity contribution >= 4 is 82.1 Å². The lowest BCUT2D eigenvalue weighted by Crippen LogP contribution is -2.64. The van der Waals surface area contributed by atoms with E-state index in [-0.39, 0.29) is 90.6 Å². The molecule has 10 bridgehead atoms. The standard InChI is InChI=1S/C75H95FN16O14/c1-43-67(97)82-58-35-48-12-10-13-49(32-48)40-89-41-52(87-88-89)42-106-61-27-30-90(72(102)60(83-69(58)99)36-50-39-78-55-24-21-51(76)37-54(50)55)65(61)71(101)86-64(44(2)93)70(100)84-59(34-46-19-22-53(105-7)23-20-46)73(103)91-29-11-28-75(91,3)74(104)85-57(66(77)96)33-45-15-17-47(18-16-45)38-79-62(94)25-26-63(95)81-56(68(98)80-43)14-8-9-31-92(4,5)6/h10,12-13,15-24,32,37,39,41,43-44,52,56-61,64-65,78,93H,8-9,11,14,25-31,33-36,38,40,42H2,1-7H3,(H8-2,77,79,80,81,82,83,84,85,86,94,95,96,97,98,99,100,101,104)/p+2/t43-,44+,52?,56+,57+,58+,59+,60+,61+,64+,65+,75+/m1/s1. The van der Waals surface area contributed by atoms with Crippen LogP contribution in [0.3, 0.4) is 0 Å². The van der Waals surface area contributed by atoms with Crippen LogP contribution in [0.25, 0.3) is 10.9 Å². The Labute approximate surface area is 613 Å². The van der Waals surface area contributed by atoms with Gasteiger partial charge in [-0.05, 0) is 123 Å². The molecule has 5 aromatic rings. The van der Waals surface area contributed by atoms with Crippen molar-refractivity contribution in [3.05, 3.63) is 136 Å². The molecule has 1 unspecified atom stereocenters. The number of quaternary nitrogens is 1. The molecule has 566 valence electrons. The van der Waals surface area contributed by atoms with E-state index in [0.717, 1.165) is 12.1 Å². The highest BCUT2D eigenvalue weighted by Crippen LogP contribution is 2.32. The topological polar surface area (TPSA) is 399 Å². The van der Waals surface area contributed by atoms with Gasteiger partial charge in [0.1, 0.15) is 90.0 Å². The molecule has 12 atom stereocenters. The molecule has 6 aliphatic heterocycles. The Balaban J connectivity index is 1.02. The van der Waals surface area contributed by atoms with Crippen molar-refractivity contribution in [1.82, 2.24) is 57.3 Å². The van der Waals surface area contributed by atoms with E-state index < -0.39 is 143 Å². The van der Waals surface area contributed by atoms with Crippen LogP contribution in [0.1, 0.15) is 106 Å². The van der Waals surface area contributed by atoms with E-state index >= 15 is 28.4 Å². The number of methoxy groups -OCH3 is 1. The zero-order valence-electron chi connectivity index (χ0n) is 60.8. The third-order valence-corrected chi connectivity index (χ3v) is 20.0. The molecule has 0 saturated carbocycles. The number of aliphatic hydroxyl groups is 1. The van der Waals surface area contributed by atoms with Crippen LogP contribution in [-0.2, 0) is 96.2 Å². The Hall–Kier alpha value is -10.5. The second-order valence-corrected chi connectivity index (χ2v) is 29.3. The molecule has 30 nitrogen and oxygen atoms in total. The number of carbonyl (C=O) groups is 11. The maximum atomic E-state index is 15.9. The van der Waals surface area contributed by atoms with E-state index in [1.165, 1.54) is 55.9 Å². The molecule has 2 saturated heterocycles. The lowest BCUT2D eigenvalue weighted by atomic mass is 9.94. The Bertz CT molecular complexity index is 4160. The Morgan fingerprint density at radius 1 is 0.764 bits per heavy atom. The first-order chi connectivity index (χ1) is 50.5. The largest absolute Gasteiger partial charge is 0.497 e. The summed E-state index contributed by atoms with van der Waals surface area (Å²) in [7, 11) is 7.53. The molecular weight excluding hydrogens is 1370 g/mol. The second-order valence-electron chi connectivity index (χ2n) is 29.3. The van der Waals surface area contributed by atoms with Crippen LogP contribution in [0.5, 0.6) is 5.75 Å². The van der Waals surface area contributed by atoms with Crippen LogP contribution in [-0.4, -0.2) is 227 Å². The number of aromatic amines is 1. The zero-order chi connectivity index (χ0) is 76.1. The van der Waals surface area contributed by atoms with Crippen LogP contribution in [0.4, 0.5) is 4.39 Å². The van der Waals surface area contributed by atoms with Gasteiger partial charge in [0, 0.05) is 80.4 Å². The van der Waals surface area contributed by atoms with Crippen LogP contribution in [0.15, 0.2) is 108 Å². The normalized spacial score (nSPS) is 26.4. The summed E-state index contributed by atoms with van der Waals surface area (Å²) in [6.45, 7) is 4.85. The van der Waals surface area contributed by atoms with Crippen molar-refractivity contribution in [3.63, 3.8) is 0 Å². The Kier molecular flexibility index (Phi) is 25.5. The van der Waals surface area contributed by atoms with Gasteiger partial charge in [-0.15, -0.1) is 4.68 Å². The molecule has 11 rings (SSSR count). The van der Waals surface area contributed by atoms with E-state index in [9.17, 15) is 33.9 Å². The van der Waals surface area contributed by atoms with Gasteiger partial charge in [-0.2, -0.15) is 0 Å². The number of halogens is 1. The molecule has 7 heterocycles. The SMILES string of the molecule is COc1ccc(C[C@@H]2NC(=O)[C@H]([C@H](C)O)NC(=O)[C@@H]3[C@@H]4CCN3C(=O)[C@H](Cc3c[nH]c5ccc(F)cc35)NC(=O)[C@H](Cc3cccc(c3)C[N+]3=CC(CO4)N=N3)NC(=O)[C@@H](C)NC(=O)[C@H](CCCC[N+](C)(C)C)NC(=O)CCC(=O)NCc3ccc(cc3)C[C@@H](C(N)=O)NC(=O)[C@]3(C)CCCN3C2=O)cc1. The molecule has 1 aromatic heterocycles. The molecule has 4 aromatic carbocycles. The highest BCUT2D eigenvalue weighted by atomic mass is 19.1. The van der Waals surface area contributed by atoms with Gasteiger partial charge in [-0.25, -0.2) is 4.39 Å². The smallest absolute Gasteiger partial charge is 0.246 e. The van der Waals surface area contributed by atoms with Crippen molar-refractivity contribution in [3.8, 4) is 5.75 Å². The number of fused-ring (bicyclic) bond motifs is 27. The summed E-state index contributed by atoms with van der Waals surface area (Å²) in [5.41, 5.74) is 8.21. The highest BCUT2D eigenvalue weighted by molar-refractivity contribution is 6.00. The molecule has 6 aliphatic rings. The summed E-state index contributed by atoms with van der Waals surface area (Å²) in [5.74, 6) is -8.86. The summed E-state index contributed by atoms with van der Waals surface area (Å²) >= 11 is 0. The Morgan fingerprint density at radius 3 is 2.21 bits per heavy atom. The molecule has 0 radical (unpaired) electrons. The summed E-state index contributed by atoms with van der Waals surface area (Å²) < 4.78 is 29.3. The fourth-order valence-corrected chi connectivity index (χ4v) is 14.0. The monoisotopic (exact) mass is 1460 g/mol.